The van der Waals surface area contributed by atoms with E-state index in [1.54, 1.807) is 31.0 Å². The Morgan fingerprint density at radius 1 is 1.29 bits per heavy atom. The van der Waals surface area contributed by atoms with Crippen LogP contribution in [0, 0.1) is 0 Å². The standard InChI is InChI=1S/C28H36FN3O3/c1-8-21-17-26(34-24-11-9-22(10-12-24)19(2)3)30-18-25(21)31(7)23-13-15-32(16-14-23)27(33)35-28(5,6)20(4)29/h8-12,17-18,20,23H,1-2,13-16H2,3-7H3. The van der Waals surface area contributed by atoms with Gasteiger partial charge in [-0.3, -0.25) is 0 Å². The summed E-state index contributed by atoms with van der Waals surface area (Å²) in [6.07, 6.45) is 3.40. The minimum absolute atomic E-state index is 0.217. The summed E-state index contributed by atoms with van der Waals surface area (Å²) in [6, 6.07) is 9.82. The fourth-order valence-electron chi connectivity index (χ4n) is 3.89. The van der Waals surface area contributed by atoms with E-state index < -0.39 is 17.9 Å². The van der Waals surface area contributed by atoms with E-state index in [2.05, 4.69) is 23.0 Å². The summed E-state index contributed by atoms with van der Waals surface area (Å²) in [6.45, 7) is 15.5. The van der Waals surface area contributed by atoms with Gasteiger partial charge in [0.1, 0.15) is 17.5 Å². The molecule has 1 saturated heterocycles. The number of benzene rings is 1. The van der Waals surface area contributed by atoms with Crippen molar-refractivity contribution in [2.75, 3.05) is 25.0 Å². The maximum Gasteiger partial charge on any atom is 0.410 e. The van der Waals surface area contributed by atoms with Gasteiger partial charge in [-0.25, -0.2) is 14.2 Å². The maximum atomic E-state index is 13.7. The van der Waals surface area contributed by atoms with Crippen molar-refractivity contribution in [1.82, 2.24) is 9.88 Å². The lowest BCUT2D eigenvalue weighted by Gasteiger charge is -2.39. The van der Waals surface area contributed by atoms with E-state index in [1.807, 2.05) is 44.3 Å². The number of carbonyl (C=O) groups is 1. The van der Waals surface area contributed by atoms with Crippen molar-refractivity contribution in [2.45, 2.75) is 58.4 Å². The van der Waals surface area contributed by atoms with Gasteiger partial charge in [-0.1, -0.05) is 36.9 Å². The Hall–Kier alpha value is -3.35. The third-order valence-electron chi connectivity index (χ3n) is 6.64. The Labute approximate surface area is 208 Å². The monoisotopic (exact) mass is 481 g/mol. The summed E-state index contributed by atoms with van der Waals surface area (Å²) in [5, 5.41) is 0. The van der Waals surface area contributed by atoms with Gasteiger partial charge >= 0.3 is 6.09 Å². The third-order valence-corrected chi connectivity index (χ3v) is 6.64. The lowest BCUT2D eigenvalue weighted by molar-refractivity contribution is -0.0329. The first-order valence-corrected chi connectivity index (χ1v) is 11.9. The summed E-state index contributed by atoms with van der Waals surface area (Å²) >= 11 is 0. The van der Waals surface area contributed by atoms with E-state index in [9.17, 15) is 9.18 Å². The number of nitrogens with zero attached hydrogens (tertiary/aromatic N) is 3. The molecule has 0 saturated carbocycles. The first-order chi connectivity index (χ1) is 16.5. The van der Waals surface area contributed by atoms with Crippen LogP contribution in [-0.2, 0) is 4.74 Å². The Bertz CT molecular complexity index is 1060. The molecule has 188 valence electrons. The van der Waals surface area contributed by atoms with Gasteiger partial charge in [-0.05, 0) is 58.2 Å². The smallest absolute Gasteiger partial charge is 0.410 e. The molecular formula is C28H36FN3O3. The van der Waals surface area contributed by atoms with Crippen molar-refractivity contribution in [2.24, 2.45) is 0 Å². The molecule has 1 aliphatic rings. The van der Waals surface area contributed by atoms with E-state index >= 15 is 0 Å². The van der Waals surface area contributed by atoms with Gasteiger partial charge in [0.15, 0.2) is 0 Å². The highest BCUT2D eigenvalue weighted by molar-refractivity contribution is 5.69. The number of allylic oxidation sites excluding steroid dienone is 1. The van der Waals surface area contributed by atoms with Gasteiger partial charge < -0.3 is 19.3 Å². The minimum Gasteiger partial charge on any atom is -0.440 e. The molecule has 1 unspecified atom stereocenters. The number of rotatable bonds is 8. The second-order valence-electron chi connectivity index (χ2n) is 9.61. The van der Waals surface area contributed by atoms with Gasteiger partial charge in [0.05, 0.1) is 11.9 Å². The molecule has 2 aromatic rings. The Morgan fingerprint density at radius 2 is 1.91 bits per heavy atom. The molecule has 0 N–H and O–H groups in total. The fraction of sp³-hybridized carbons (Fsp3) is 0.429. The summed E-state index contributed by atoms with van der Waals surface area (Å²) in [4.78, 5) is 20.8. The Balaban J connectivity index is 1.63. The zero-order chi connectivity index (χ0) is 25.8. The quantitative estimate of drug-likeness (QED) is 0.419. The van der Waals surface area contributed by atoms with Crippen molar-refractivity contribution in [1.29, 1.82) is 0 Å². The normalized spacial score (nSPS) is 15.3. The van der Waals surface area contributed by atoms with Gasteiger partial charge in [-0.15, -0.1) is 0 Å². The largest absolute Gasteiger partial charge is 0.440 e. The van der Waals surface area contributed by atoms with Crippen LogP contribution in [-0.4, -0.2) is 53.9 Å². The summed E-state index contributed by atoms with van der Waals surface area (Å²) < 4.78 is 25.0. The molecule has 35 heavy (non-hydrogen) atoms. The average Bonchev–Trinajstić information content (AvgIpc) is 2.83. The lowest BCUT2D eigenvalue weighted by Crippen LogP contribution is -2.48. The summed E-state index contributed by atoms with van der Waals surface area (Å²) in [5.41, 5.74) is 2.77. The Kier molecular flexibility index (Phi) is 8.20. The number of likely N-dealkylation sites (tertiary alicyclic amines) is 1. The highest BCUT2D eigenvalue weighted by Crippen LogP contribution is 2.30. The number of carbonyl (C=O) groups excluding carboxylic acids is 1. The first kappa shape index (κ1) is 26.3. The van der Waals surface area contributed by atoms with Gasteiger partial charge in [0.25, 0.3) is 0 Å². The molecule has 1 atom stereocenters. The number of aromatic nitrogens is 1. The second-order valence-corrected chi connectivity index (χ2v) is 9.61. The number of pyridine rings is 1. The molecule has 1 aliphatic heterocycles. The van der Waals surface area contributed by atoms with E-state index in [4.69, 9.17) is 9.47 Å². The van der Waals surface area contributed by atoms with Crippen LogP contribution in [0.5, 0.6) is 11.6 Å². The van der Waals surface area contributed by atoms with Crippen LogP contribution in [0.2, 0.25) is 0 Å². The predicted octanol–water partition coefficient (Wildman–Crippen LogP) is 6.72. The number of ether oxygens (including phenoxy) is 2. The highest BCUT2D eigenvalue weighted by Gasteiger charge is 2.34. The number of hydrogen-bond acceptors (Lipinski definition) is 5. The van der Waals surface area contributed by atoms with Crippen molar-refractivity contribution < 1.29 is 18.7 Å². The average molecular weight is 482 g/mol. The molecule has 0 bridgehead atoms. The SMILES string of the molecule is C=Cc1cc(Oc2ccc(C(=C)C)cc2)ncc1N(C)C1CCN(C(=O)OC(C)(C)C(C)F)CC1. The van der Waals surface area contributed by atoms with Crippen molar-refractivity contribution in [3.63, 3.8) is 0 Å². The highest BCUT2D eigenvalue weighted by atomic mass is 19.1. The summed E-state index contributed by atoms with van der Waals surface area (Å²) in [7, 11) is 2.02. The van der Waals surface area contributed by atoms with Crippen molar-refractivity contribution >= 4 is 23.4 Å². The zero-order valence-corrected chi connectivity index (χ0v) is 21.4. The number of halogens is 1. The summed E-state index contributed by atoms with van der Waals surface area (Å²) in [5.74, 6) is 1.19. The molecule has 0 radical (unpaired) electrons. The third kappa shape index (κ3) is 6.41. The molecule has 1 aromatic heterocycles. The van der Waals surface area contributed by atoms with Gasteiger partial charge in [-0.2, -0.15) is 0 Å². The molecule has 2 heterocycles. The van der Waals surface area contributed by atoms with Crippen LogP contribution in [0.4, 0.5) is 14.9 Å². The van der Waals surface area contributed by atoms with E-state index in [-0.39, 0.29) is 6.04 Å². The van der Waals surface area contributed by atoms with Crippen LogP contribution >= 0.6 is 0 Å². The predicted molar refractivity (Wildman–Crippen MR) is 140 cm³/mol. The molecule has 1 aromatic carbocycles. The van der Waals surface area contributed by atoms with Crippen LogP contribution in [0.25, 0.3) is 11.6 Å². The van der Waals surface area contributed by atoms with E-state index in [1.165, 1.54) is 6.92 Å². The van der Waals surface area contributed by atoms with E-state index in [0.717, 1.165) is 35.2 Å². The Morgan fingerprint density at radius 3 is 2.46 bits per heavy atom. The van der Waals surface area contributed by atoms with Crippen LogP contribution in [0.15, 0.2) is 49.7 Å². The second kappa shape index (κ2) is 10.9. The molecule has 0 spiro atoms. The van der Waals surface area contributed by atoms with Crippen LogP contribution in [0.1, 0.15) is 51.7 Å². The first-order valence-electron chi connectivity index (χ1n) is 11.9. The van der Waals surface area contributed by atoms with Crippen LogP contribution < -0.4 is 9.64 Å². The maximum absolute atomic E-state index is 13.7. The van der Waals surface area contributed by atoms with Gasteiger partial charge in [0.2, 0.25) is 5.88 Å². The molecular weight excluding hydrogens is 445 g/mol. The molecule has 1 amide bonds. The van der Waals surface area contributed by atoms with Crippen LogP contribution in [0.3, 0.4) is 0 Å². The number of hydrogen-bond donors (Lipinski definition) is 0. The fourth-order valence-corrected chi connectivity index (χ4v) is 3.89. The number of anilines is 1. The molecule has 6 nitrogen and oxygen atoms in total. The molecule has 3 rings (SSSR count). The number of alkyl halides is 1. The number of amides is 1. The molecule has 0 aliphatic carbocycles. The van der Waals surface area contributed by atoms with Crippen molar-refractivity contribution in [3.05, 3.63) is 60.8 Å². The lowest BCUT2D eigenvalue weighted by atomic mass is 10.0. The zero-order valence-electron chi connectivity index (χ0n) is 21.4. The van der Waals surface area contributed by atoms with Crippen molar-refractivity contribution in [3.8, 4) is 11.6 Å². The topological polar surface area (TPSA) is 54.9 Å². The molecule has 7 heteroatoms. The number of piperidine rings is 1. The minimum atomic E-state index is -1.25. The molecule has 1 fully saturated rings. The van der Waals surface area contributed by atoms with E-state index in [0.29, 0.717) is 24.7 Å². The van der Waals surface area contributed by atoms with Gasteiger partial charge in [0, 0.05) is 37.8 Å².